The van der Waals surface area contributed by atoms with Gasteiger partial charge in [0.05, 0.1) is 13.0 Å². The molecule has 0 aliphatic carbocycles. The fourth-order valence-electron chi connectivity index (χ4n) is 3.43. The van der Waals surface area contributed by atoms with Crippen LogP contribution in [0.1, 0.15) is 31.1 Å². The van der Waals surface area contributed by atoms with E-state index in [-0.39, 0.29) is 29.6 Å². The first-order valence-corrected chi connectivity index (χ1v) is 12.6. The number of thiophene rings is 1. The predicted octanol–water partition coefficient (Wildman–Crippen LogP) is 3.23. The normalized spacial score (nSPS) is 14.8. The molecule has 3 rings (SSSR count). The van der Waals surface area contributed by atoms with Gasteiger partial charge in [-0.15, -0.1) is 11.3 Å². The second kappa shape index (κ2) is 10.5. The van der Waals surface area contributed by atoms with E-state index >= 15 is 0 Å². The van der Waals surface area contributed by atoms with Crippen molar-refractivity contribution in [3.63, 3.8) is 0 Å². The lowest BCUT2D eigenvalue weighted by atomic mass is 10.2. The lowest BCUT2D eigenvalue weighted by molar-refractivity contribution is -0.133. The summed E-state index contributed by atoms with van der Waals surface area (Å²) in [4.78, 5) is 26.7. The zero-order chi connectivity index (χ0) is 23.3. The number of rotatable bonds is 8. The maximum Gasteiger partial charge on any atom is 0.252 e. The van der Waals surface area contributed by atoms with Crippen molar-refractivity contribution in [2.24, 2.45) is 0 Å². The van der Waals surface area contributed by atoms with Gasteiger partial charge >= 0.3 is 0 Å². The molecule has 11 heteroatoms. The molecule has 2 amide bonds. The molecule has 1 aromatic heterocycles. The van der Waals surface area contributed by atoms with Crippen LogP contribution < -0.4 is 5.32 Å². The summed E-state index contributed by atoms with van der Waals surface area (Å²) in [6.07, 6.45) is 2.61. The molecule has 32 heavy (non-hydrogen) atoms. The number of para-hydroxylation sites is 1. The fourth-order valence-corrected chi connectivity index (χ4v) is 6.45. The Bertz CT molecular complexity index is 1060. The molecule has 1 aliphatic rings. The molecule has 0 atom stereocenters. The van der Waals surface area contributed by atoms with Crippen LogP contribution in [0.25, 0.3) is 0 Å². The number of nitrogens with zero attached hydrogens (tertiary/aromatic N) is 2. The summed E-state index contributed by atoms with van der Waals surface area (Å²) < 4.78 is 54.7. The predicted molar refractivity (Wildman–Crippen MR) is 118 cm³/mol. The van der Waals surface area contributed by atoms with E-state index < -0.39 is 33.3 Å². The molecule has 1 aromatic carbocycles. The molecule has 0 bridgehead atoms. The lowest BCUT2D eigenvalue weighted by Crippen LogP contribution is -2.38. The molecule has 2 aromatic rings. The topological polar surface area (TPSA) is 86.8 Å². The number of likely N-dealkylation sites (N-methyl/N-ethyl adjacent to an activating group) is 1. The minimum Gasteiger partial charge on any atom is -0.333 e. The van der Waals surface area contributed by atoms with Crippen LogP contribution in [0, 0.1) is 11.6 Å². The van der Waals surface area contributed by atoms with E-state index in [1.165, 1.54) is 21.3 Å². The number of sulfonamides is 1. The van der Waals surface area contributed by atoms with Crippen molar-refractivity contribution >= 4 is 38.9 Å². The molecule has 1 N–H and O–H groups in total. The van der Waals surface area contributed by atoms with Crippen LogP contribution in [-0.2, 0) is 26.0 Å². The number of carbonyl (C=O) groups is 2. The van der Waals surface area contributed by atoms with Gasteiger partial charge < -0.3 is 10.2 Å². The number of amides is 2. The summed E-state index contributed by atoms with van der Waals surface area (Å²) in [5.74, 6) is -2.94. The van der Waals surface area contributed by atoms with Gasteiger partial charge in [-0.25, -0.2) is 17.2 Å². The third-order valence-corrected chi connectivity index (χ3v) is 8.62. The van der Waals surface area contributed by atoms with Gasteiger partial charge in [0.2, 0.25) is 11.8 Å². The van der Waals surface area contributed by atoms with E-state index in [1.807, 2.05) is 0 Å². The maximum absolute atomic E-state index is 13.7. The van der Waals surface area contributed by atoms with Gasteiger partial charge in [-0.3, -0.25) is 9.59 Å². The largest absolute Gasteiger partial charge is 0.333 e. The van der Waals surface area contributed by atoms with Crippen molar-refractivity contribution in [2.75, 3.05) is 31.5 Å². The van der Waals surface area contributed by atoms with Crippen molar-refractivity contribution < 1.29 is 26.8 Å². The fraction of sp³-hybridized carbons (Fsp3) is 0.429. The van der Waals surface area contributed by atoms with Crippen LogP contribution in [0.15, 0.2) is 34.5 Å². The Balaban J connectivity index is 1.62. The molecule has 2 heterocycles. The Morgan fingerprint density at radius 3 is 2.38 bits per heavy atom. The molecule has 1 saturated heterocycles. The standard InChI is InChI=1S/C21H25F2N3O4S2/c1-2-25(14-18(27)24-21-16(22)7-6-8-17(21)23)19(28)13-15-9-10-20(31-15)32(29,30)26-11-4-3-5-12-26/h6-10H,2-5,11-14H2,1H3,(H,24,27). The highest BCUT2D eigenvalue weighted by Gasteiger charge is 2.28. The molecule has 1 fully saturated rings. The average Bonchev–Trinajstić information content (AvgIpc) is 3.24. The smallest absolute Gasteiger partial charge is 0.252 e. The van der Waals surface area contributed by atoms with E-state index in [0.29, 0.717) is 18.0 Å². The van der Waals surface area contributed by atoms with Crippen molar-refractivity contribution in [1.82, 2.24) is 9.21 Å². The van der Waals surface area contributed by atoms with E-state index in [0.717, 1.165) is 42.7 Å². The van der Waals surface area contributed by atoms with Gasteiger partial charge in [0.25, 0.3) is 10.0 Å². The number of halogens is 2. The lowest BCUT2D eigenvalue weighted by Gasteiger charge is -2.25. The highest BCUT2D eigenvalue weighted by Crippen LogP contribution is 2.27. The van der Waals surface area contributed by atoms with E-state index in [9.17, 15) is 26.8 Å². The Labute approximate surface area is 190 Å². The summed E-state index contributed by atoms with van der Waals surface area (Å²) in [5.41, 5.74) is -0.563. The maximum atomic E-state index is 13.7. The molecular formula is C21H25F2N3O4S2. The van der Waals surface area contributed by atoms with Crippen LogP contribution in [0.3, 0.4) is 0 Å². The number of anilines is 1. The summed E-state index contributed by atoms with van der Waals surface area (Å²) in [6, 6.07) is 6.33. The van der Waals surface area contributed by atoms with Crippen molar-refractivity contribution in [3.8, 4) is 0 Å². The first-order chi connectivity index (χ1) is 15.2. The summed E-state index contributed by atoms with van der Waals surface area (Å²) >= 11 is 1.04. The zero-order valence-electron chi connectivity index (χ0n) is 17.6. The van der Waals surface area contributed by atoms with Crippen molar-refractivity contribution in [2.45, 2.75) is 36.8 Å². The minimum absolute atomic E-state index is 0.0740. The van der Waals surface area contributed by atoms with E-state index in [4.69, 9.17) is 0 Å². The second-order valence-corrected chi connectivity index (χ2v) is 10.7. The van der Waals surface area contributed by atoms with Crippen LogP contribution in [0.5, 0.6) is 0 Å². The average molecular weight is 486 g/mol. The Morgan fingerprint density at radius 1 is 1.09 bits per heavy atom. The molecule has 0 spiro atoms. The van der Waals surface area contributed by atoms with Gasteiger partial charge in [0.1, 0.15) is 21.5 Å². The third kappa shape index (κ3) is 5.70. The molecule has 174 valence electrons. The summed E-state index contributed by atoms with van der Waals surface area (Å²) in [5, 5.41) is 2.16. The second-order valence-electron chi connectivity index (χ2n) is 7.42. The molecular weight excluding hydrogens is 460 g/mol. The zero-order valence-corrected chi connectivity index (χ0v) is 19.3. The van der Waals surface area contributed by atoms with Crippen LogP contribution in [0.4, 0.5) is 14.5 Å². The van der Waals surface area contributed by atoms with Gasteiger partial charge in [-0.1, -0.05) is 12.5 Å². The van der Waals surface area contributed by atoms with Gasteiger partial charge in [0, 0.05) is 24.5 Å². The quantitative estimate of drug-likeness (QED) is 0.622. The summed E-state index contributed by atoms with van der Waals surface area (Å²) in [7, 11) is -3.57. The van der Waals surface area contributed by atoms with Crippen LogP contribution in [0.2, 0.25) is 0 Å². The van der Waals surface area contributed by atoms with E-state index in [1.54, 1.807) is 13.0 Å². The molecule has 1 aliphatic heterocycles. The monoisotopic (exact) mass is 485 g/mol. The Morgan fingerprint density at radius 2 is 1.75 bits per heavy atom. The number of hydrogen-bond donors (Lipinski definition) is 1. The molecule has 0 saturated carbocycles. The van der Waals surface area contributed by atoms with Gasteiger partial charge in [0.15, 0.2) is 0 Å². The van der Waals surface area contributed by atoms with Crippen LogP contribution in [-0.4, -0.2) is 55.6 Å². The highest BCUT2D eigenvalue weighted by atomic mass is 32.2. The number of piperidine rings is 1. The number of nitrogens with one attached hydrogen (secondary N) is 1. The first kappa shape index (κ1) is 24.3. The summed E-state index contributed by atoms with van der Waals surface area (Å²) in [6.45, 7) is 2.49. The third-order valence-electron chi connectivity index (χ3n) is 5.17. The van der Waals surface area contributed by atoms with Crippen molar-refractivity contribution in [1.29, 1.82) is 0 Å². The van der Waals surface area contributed by atoms with Crippen LogP contribution >= 0.6 is 11.3 Å². The molecule has 0 radical (unpaired) electrons. The minimum atomic E-state index is -3.57. The van der Waals surface area contributed by atoms with Gasteiger partial charge in [-0.05, 0) is 44.0 Å². The highest BCUT2D eigenvalue weighted by molar-refractivity contribution is 7.91. The SMILES string of the molecule is CCN(CC(=O)Nc1c(F)cccc1F)C(=O)Cc1ccc(S(=O)(=O)N2CCCCC2)s1. The number of carbonyl (C=O) groups excluding carboxylic acids is 2. The van der Waals surface area contributed by atoms with Crippen molar-refractivity contribution in [3.05, 3.63) is 46.8 Å². The number of benzene rings is 1. The Kier molecular flexibility index (Phi) is 7.96. The molecule has 7 nitrogen and oxygen atoms in total. The Hall–Kier alpha value is -2.37. The van der Waals surface area contributed by atoms with Gasteiger partial charge in [-0.2, -0.15) is 4.31 Å². The number of hydrogen-bond acceptors (Lipinski definition) is 5. The first-order valence-electron chi connectivity index (χ1n) is 10.3. The molecule has 0 unspecified atom stereocenters. The van der Waals surface area contributed by atoms with E-state index in [2.05, 4.69) is 5.32 Å².